The van der Waals surface area contributed by atoms with Gasteiger partial charge in [-0.25, -0.2) is 4.79 Å². The van der Waals surface area contributed by atoms with E-state index in [1.165, 1.54) is 0 Å². The number of rotatable bonds is 6. The van der Waals surface area contributed by atoms with Crippen LogP contribution >= 0.6 is 15.9 Å². The highest BCUT2D eigenvalue weighted by Gasteiger charge is 2.22. The molecule has 1 fully saturated rings. The van der Waals surface area contributed by atoms with Crippen molar-refractivity contribution in [3.63, 3.8) is 0 Å². The first-order valence-electron chi connectivity index (χ1n) is 10.4. The molecule has 1 aliphatic rings. The predicted molar refractivity (Wildman–Crippen MR) is 126 cm³/mol. The third kappa shape index (κ3) is 4.39. The lowest BCUT2D eigenvalue weighted by Crippen LogP contribution is -2.23. The molecule has 0 bridgehead atoms. The summed E-state index contributed by atoms with van der Waals surface area (Å²) >= 11 is 3.43. The number of esters is 1. The Bertz CT molecular complexity index is 1180. The van der Waals surface area contributed by atoms with E-state index in [2.05, 4.69) is 15.9 Å². The van der Waals surface area contributed by atoms with E-state index in [1.54, 1.807) is 29.2 Å². The van der Waals surface area contributed by atoms with Crippen LogP contribution in [-0.4, -0.2) is 35.4 Å². The predicted octanol–water partition coefficient (Wildman–Crippen LogP) is 5.02. The summed E-state index contributed by atoms with van der Waals surface area (Å²) in [6.07, 6.45) is 1.39. The van der Waals surface area contributed by atoms with Gasteiger partial charge in [0.15, 0.2) is 6.61 Å². The minimum Gasteiger partial charge on any atom is -0.454 e. The molecule has 3 aromatic rings. The van der Waals surface area contributed by atoms with Crippen molar-refractivity contribution >= 4 is 39.3 Å². The van der Waals surface area contributed by atoms with Gasteiger partial charge in [0, 0.05) is 45.8 Å². The van der Waals surface area contributed by atoms with Gasteiger partial charge in [-0.3, -0.25) is 9.59 Å². The third-order valence-electron chi connectivity index (χ3n) is 5.64. The molecular weight excluding hydrogens is 472 g/mol. The fourth-order valence-corrected chi connectivity index (χ4v) is 4.29. The number of hydrogen-bond donors (Lipinski definition) is 0. The maximum atomic E-state index is 12.8. The van der Waals surface area contributed by atoms with E-state index in [0.717, 1.165) is 33.7 Å². The second-order valence-electron chi connectivity index (χ2n) is 7.79. The van der Waals surface area contributed by atoms with E-state index in [0.29, 0.717) is 24.1 Å². The van der Waals surface area contributed by atoms with Gasteiger partial charge < -0.3 is 14.2 Å². The molecule has 1 saturated heterocycles. The van der Waals surface area contributed by atoms with E-state index in [1.807, 2.05) is 48.7 Å². The molecule has 6 nitrogen and oxygen atoms in total. The summed E-state index contributed by atoms with van der Waals surface area (Å²) in [7, 11) is 0. The van der Waals surface area contributed by atoms with Crippen LogP contribution in [0.3, 0.4) is 0 Å². The Labute approximate surface area is 194 Å². The molecule has 0 N–H and O–H groups in total. The number of nitrogens with zero attached hydrogens (tertiary/aromatic N) is 2. The molecule has 1 amide bonds. The molecule has 0 spiro atoms. The van der Waals surface area contributed by atoms with Crippen LogP contribution in [0.2, 0.25) is 0 Å². The van der Waals surface area contributed by atoms with Crippen LogP contribution in [0.1, 0.15) is 44.9 Å². The summed E-state index contributed by atoms with van der Waals surface area (Å²) in [5.74, 6) is -0.736. The number of ketones is 1. The second kappa shape index (κ2) is 9.12. The first-order valence-corrected chi connectivity index (χ1v) is 11.2. The van der Waals surface area contributed by atoms with Gasteiger partial charge in [-0.15, -0.1) is 0 Å². The van der Waals surface area contributed by atoms with Crippen molar-refractivity contribution in [1.29, 1.82) is 0 Å². The lowest BCUT2D eigenvalue weighted by atomic mass is 10.1. The van der Waals surface area contributed by atoms with Crippen LogP contribution in [-0.2, 0) is 9.53 Å². The van der Waals surface area contributed by atoms with Gasteiger partial charge >= 0.3 is 5.97 Å². The second-order valence-corrected chi connectivity index (χ2v) is 8.71. The number of aryl methyl sites for hydroxylation is 1. The molecule has 0 aliphatic carbocycles. The number of halogens is 1. The van der Waals surface area contributed by atoms with Crippen LogP contribution < -0.4 is 4.90 Å². The quantitative estimate of drug-likeness (QED) is 0.356. The maximum absolute atomic E-state index is 12.8. The molecule has 2 heterocycles. The van der Waals surface area contributed by atoms with Crippen molar-refractivity contribution in [3.05, 3.63) is 81.6 Å². The summed E-state index contributed by atoms with van der Waals surface area (Å²) < 4.78 is 8.25. The van der Waals surface area contributed by atoms with Gasteiger partial charge in [0.05, 0.1) is 5.56 Å². The number of hydrogen-bond acceptors (Lipinski definition) is 4. The third-order valence-corrected chi connectivity index (χ3v) is 6.17. The number of anilines is 1. The number of carbonyl (C=O) groups is 3. The number of Topliss-reactive ketones (excluding diaryl/α,β-unsaturated/α-hetero) is 1. The molecule has 4 rings (SSSR count). The zero-order valence-electron chi connectivity index (χ0n) is 17.9. The highest BCUT2D eigenvalue weighted by molar-refractivity contribution is 9.10. The van der Waals surface area contributed by atoms with Gasteiger partial charge in [-0.2, -0.15) is 0 Å². The molecule has 32 heavy (non-hydrogen) atoms. The van der Waals surface area contributed by atoms with Crippen LogP contribution in [0.25, 0.3) is 5.69 Å². The summed E-state index contributed by atoms with van der Waals surface area (Å²) in [4.78, 5) is 38.8. The zero-order chi connectivity index (χ0) is 22.8. The van der Waals surface area contributed by atoms with E-state index in [4.69, 9.17) is 4.74 Å². The minimum absolute atomic E-state index is 0.0895. The van der Waals surface area contributed by atoms with E-state index in [-0.39, 0.29) is 18.3 Å². The summed E-state index contributed by atoms with van der Waals surface area (Å²) in [6, 6.07) is 16.3. The minimum atomic E-state index is -0.570. The SMILES string of the molecule is Cc1cc(C(=O)COC(=O)c2ccc(N3CCCC3=O)cc2)c(C)n1-c1ccc(Br)cc1. The number of aromatic nitrogens is 1. The van der Waals surface area contributed by atoms with E-state index < -0.39 is 5.97 Å². The largest absolute Gasteiger partial charge is 0.454 e. The topological polar surface area (TPSA) is 68.6 Å². The zero-order valence-corrected chi connectivity index (χ0v) is 19.5. The summed E-state index contributed by atoms with van der Waals surface area (Å²) in [5, 5.41) is 0. The molecule has 0 atom stereocenters. The molecule has 0 unspecified atom stereocenters. The number of ether oxygens (including phenoxy) is 1. The Hall–Kier alpha value is -3.19. The first kappa shape index (κ1) is 22.0. The monoisotopic (exact) mass is 494 g/mol. The normalized spacial score (nSPS) is 13.5. The Balaban J connectivity index is 1.42. The van der Waals surface area contributed by atoms with Crippen molar-refractivity contribution in [3.8, 4) is 5.69 Å². The van der Waals surface area contributed by atoms with Crippen LogP contribution in [0.5, 0.6) is 0 Å². The molecule has 1 aromatic heterocycles. The van der Waals surface area contributed by atoms with Crippen LogP contribution in [0, 0.1) is 13.8 Å². The Morgan fingerprint density at radius 2 is 1.66 bits per heavy atom. The molecule has 164 valence electrons. The fraction of sp³-hybridized carbons (Fsp3) is 0.240. The Kier molecular flexibility index (Phi) is 6.28. The van der Waals surface area contributed by atoms with Gasteiger partial charge in [0.2, 0.25) is 11.7 Å². The average Bonchev–Trinajstić information content (AvgIpc) is 3.35. The number of amides is 1. The van der Waals surface area contributed by atoms with Crippen molar-refractivity contribution in [2.75, 3.05) is 18.1 Å². The first-order chi connectivity index (χ1) is 15.3. The lowest BCUT2D eigenvalue weighted by Gasteiger charge is -2.15. The molecular formula is C25H23BrN2O4. The van der Waals surface area contributed by atoms with Gasteiger partial charge in [-0.05, 0) is 74.9 Å². The standard InChI is InChI=1S/C25H23BrN2O4/c1-16-14-22(17(2)28(16)21-11-7-19(26)8-12-21)23(29)15-32-25(31)18-5-9-20(10-6-18)27-13-3-4-24(27)30/h5-12,14H,3-4,13,15H2,1-2H3. The summed E-state index contributed by atoms with van der Waals surface area (Å²) in [5.41, 5.74) is 4.31. The highest BCUT2D eigenvalue weighted by atomic mass is 79.9. The molecule has 0 saturated carbocycles. The molecule has 2 aromatic carbocycles. The van der Waals surface area contributed by atoms with Crippen molar-refractivity contribution in [2.45, 2.75) is 26.7 Å². The smallest absolute Gasteiger partial charge is 0.338 e. The van der Waals surface area contributed by atoms with Crippen molar-refractivity contribution < 1.29 is 19.1 Å². The van der Waals surface area contributed by atoms with Gasteiger partial charge in [0.1, 0.15) is 0 Å². The lowest BCUT2D eigenvalue weighted by molar-refractivity contribution is -0.117. The highest BCUT2D eigenvalue weighted by Crippen LogP contribution is 2.24. The fourth-order valence-electron chi connectivity index (χ4n) is 4.02. The molecule has 7 heteroatoms. The van der Waals surface area contributed by atoms with Crippen molar-refractivity contribution in [1.82, 2.24) is 4.57 Å². The average molecular weight is 495 g/mol. The molecule has 0 radical (unpaired) electrons. The maximum Gasteiger partial charge on any atom is 0.338 e. The number of carbonyl (C=O) groups excluding carboxylic acids is 3. The van der Waals surface area contributed by atoms with Crippen molar-refractivity contribution in [2.24, 2.45) is 0 Å². The Morgan fingerprint density at radius 1 is 1.00 bits per heavy atom. The van der Waals surface area contributed by atoms with Crippen LogP contribution in [0.4, 0.5) is 5.69 Å². The van der Waals surface area contributed by atoms with Gasteiger partial charge in [-0.1, -0.05) is 15.9 Å². The Morgan fingerprint density at radius 3 is 2.28 bits per heavy atom. The van der Waals surface area contributed by atoms with E-state index in [9.17, 15) is 14.4 Å². The van der Waals surface area contributed by atoms with E-state index >= 15 is 0 Å². The van der Waals surface area contributed by atoms with Crippen LogP contribution in [0.15, 0.2) is 59.1 Å². The summed E-state index contributed by atoms with van der Waals surface area (Å²) in [6.45, 7) is 4.17. The number of benzene rings is 2. The molecule has 1 aliphatic heterocycles. The van der Waals surface area contributed by atoms with Gasteiger partial charge in [0.25, 0.3) is 0 Å².